The Morgan fingerprint density at radius 1 is 0.474 bits per heavy atom. The summed E-state index contributed by atoms with van der Waals surface area (Å²) in [5.41, 5.74) is 8.14. The second-order valence-electron chi connectivity index (χ2n) is 14.6. The molecule has 12 rings (SSSR count). The van der Waals surface area contributed by atoms with Crippen LogP contribution in [-0.4, -0.2) is 19.5 Å². The van der Waals surface area contributed by atoms with Gasteiger partial charge < -0.3 is 4.57 Å². The summed E-state index contributed by atoms with van der Waals surface area (Å²) in [6.07, 6.45) is 9.44. The molecule has 0 saturated carbocycles. The van der Waals surface area contributed by atoms with Gasteiger partial charge in [-0.15, -0.1) is 22.7 Å². The van der Waals surface area contributed by atoms with Crippen molar-refractivity contribution in [2.24, 2.45) is 0 Å². The Kier molecular flexibility index (Phi) is 7.37. The minimum atomic E-state index is 0.0979. The van der Waals surface area contributed by atoms with E-state index in [1.807, 2.05) is 40.9 Å². The lowest BCUT2D eigenvalue weighted by molar-refractivity contribution is 0.764. The Morgan fingerprint density at radius 3 is 1.84 bits per heavy atom. The number of benzene rings is 7. The highest BCUT2D eigenvalue weighted by molar-refractivity contribution is 7.26. The molecule has 0 amide bonds. The van der Waals surface area contributed by atoms with Crippen LogP contribution >= 0.6 is 22.7 Å². The molecule has 0 N–H and O–H groups in total. The molecule has 0 bridgehead atoms. The summed E-state index contributed by atoms with van der Waals surface area (Å²) in [7, 11) is 0. The number of thiophene rings is 2. The number of fused-ring (bicyclic) bond motifs is 9. The van der Waals surface area contributed by atoms with Crippen molar-refractivity contribution < 1.29 is 0 Å². The van der Waals surface area contributed by atoms with E-state index in [1.165, 1.54) is 79.0 Å². The number of para-hydroxylation sites is 2. The summed E-state index contributed by atoms with van der Waals surface area (Å²) in [6, 6.07) is 54.8. The Morgan fingerprint density at radius 2 is 1.09 bits per heavy atom. The van der Waals surface area contributed by atoms with Gasteiger partial charge >= 0.3 is 0 Å². The van der Waals surface area contributed by atoms with Crippen molar-refractivity contribution in [2.75, 3.05) is 0 Å². The number of rotatable bonds is 5. The standard InChI is InChI=1S/C51H32N4S2/c1-3-15-31(16-4-1)49-52-50(32-17-5-2-6-18-32)54-51(53-49)38-24-11-23-37-45-35(21-12-28-42(45)57-48(37)38)36-22-13-29-43-46(36)47-41(27-14-30-44(47)56-43)55-39-25-9-7-19-33(39)34-20-8-10-26-40(34)55/h1-17,19-30,32H,18H2. The van der Waals surface area contributed by atoms with Crippen LogP contribution < -0.4 is 0 Å². The summed E-state index contributed by atoms with van der Waals surface area (Å²) in [5.74, 6) is 2.31. The van der Waals surface area contributed by atoms with E-state index in [-0.39, 0.29) is 5.92 Å². The van der Waals surface area contributed by atoms with Gasteiger partial charge in [0.05, 0.1) is 16.7 Å². The predicted octanol–water partition coefficient (Wildman–Crippen LogP) is 14.3. The first-order chi connectivity index (χ1) is 28.3. The first kappa shape index (κ1) is 32.5. The summed E-state index contributed by atoms with van der Waals surface area (Å²) in [6.45, 7) is 0. The summed E-state index contributed by atoms with van der Waals surface area (Å²) in [4.78, 5) is 15.4. The minimum Gasteiger partial charge on any atom is -0.309 e. The lowest BCUT2D eigenvalue weighted by atomic mass is 9.94. The summed E-state index contributed by atoms with van der Waals surface area (Å²) >= 11 is 3.70. The van der Waals surface area contributed by atoms with Crippen LogP contribution in [0.25, 0.3) is 102 Å². The van der Waals surface area contributed by atoms with Crippen LogP contribution in [0.5, 0.6) is 0 Å². The van der Waals surface area contributed by atoms with E-state index in [1.54, 1.807) is 0 Å². The van der Waals surface area contributed by atoms with E-state index in [9.17, 15) is 0 Å². The van der Waals surface area contributed by atoms with Crippen molar-refractivity contribution in [3.63, 3.8) is 0 Å². The molecule has 7 aromatic carbocycles. The molecule has 1 atom stereocenters. The molecule has 4 heterocycles. The van der Waals surface area contributed by atoms with E-state index >= 15 is 0 Å². The molecule has 0 radical (unpaired) electrons. The molecule has 268 valence electrons. The molecule has 0 spiro atoms. The quantitative estimate of drug-likeness (QED) is 0.175. The van der Waals surface area contributed by atoms with Crippen molar-refractivity contribution >= 4 is 84.8 Å². The van der Waals surface area contributed by atoms with Gasteiger partial charge in [-0.05, 0) is 60.0 Å². The highest BCUT2D eigenvalue weighted by Crippen LogP contribution is 2.48. The Balaban J connectivity index is 1.10. The van der Waals surface area contributed by atoms with Crippen molar-refractivity contribution in [3.05, 3.63) is 182 Å². The second kappa shape index (κ2) is 12.9. The van der Waals surface area contributed by atoms with E-state index in [4.69, 9.17) is 15.0 Å². The molecule has 1 aliphatic carbocycles. The van der Waals surface area contributed by atoms with Crippen LogP contribution in [0.3, 0.4) is 0 Å². The first-order valence-electron chi connectivity index (χ1n) is 19.3. The van der Waals surface area contributed by atoms with Gasteiger partial charge in [0.1, 0.15) is 5.82 Å². The normalized spacial score (nSPS) is 14.3. The number of hydrogen-bond donors (Lipinski definition) is 0. The third kappa shape index (κ3) is 5.08. The van der Waals surface area contributed by atoms with Gasteiger partial charge in [0.2, 0.25) is 0 Å². The Bertz CT molecular complexity index is 3400. The molecule has 6 heteroatoms. The third-order valence-corrected chi connectivity index (χ3v) is 13.7. The van der Waals surface area contributed by atoms with E-state index < -0.39 is 0 Å². The van der Waals surface area contributed by atoms with Crippen LogP contribution in [-0.2, 0) is 0 Å². The monoisotopic (exact) mass is 764 g/mol. The van der Waals surface area contributed by atoms with Gasteiger partial charge in [0.25, 0.3) is 0 Å². The molecule has 1 unspecified atom stereocenters. The summed E-state index contributed by atoms with van der Waals surface area (Å²) in [5, 5.41) is 7.59. The molecule has 57 heavy (non-hydrogen) atoms. The smallest absolute Gasteiger partial charge is 0.165 e. The molecule has 4 aromatic heterocycles. The highest BCUT2D eigenvalue weighted by Gasteiger charge is 2.23. The number of nitrogens with zero attached hydrogens (tertiary/aromatic N) is 4. The van der Waals surface area contributed by atoms with Crippen molar-refractivity contribution in [1.82, 2.24) is 19.5 Å². The molecule has 4 nitrogen and oxygen atoms in total. The minimum absolute atomic E-state index is 0.0979. The van der Waals surface area contributed by atoms with Crippen molar-refractivity contribution in [1.29, 1.82) is 0 Å². The maximum Gasteiger partial charge on any atom is 0.165 e. The maximum absolute atomic E-state index is 5.20. The zero-order chi connectivity index (χ0) is 37.5. The molecule has 0 saturated heterocycles. The van der Waals surface area contributed by atoms with Crippen LogP contribution in [0.2, 0.25) is 0 Å². The fourth-order valence-corrected chi connectivity index (χ4v) is 11.2. The molecule has 0 fully saturated rings. The van der Waals surface area contributed by atoms with E-state index in [2.05, 4.69) is 162 Å². The second-order valence-corrected chi connectivity index (χ2v) is 16.8. The van der Waals surface area contributed by atoms with Gasteiger partial charge in [-0.3, -0.25) is 0 Å². The highest BCUT2D eigenvalue weighted by atomic mass is 32.1. The lowest BCUT2D eigenvalue weighted by Gasteiger charge is -2.14. The van der Waals surface area contributed by atoms with Gasteiger partial charge in [0, 0.05) is 68.2 Å². The van der Waals surface area contributed by atoms with Crippen molar-refractivity contribution in [3.8, 4) is 39.6 Å². The molecule has 1 aliphatic rings. The average molecular weight is 765 g/mol. The number of allylic oxidation sites excluding steroid dienone is 4. The number of aromatic nitrogens is 4. The van der Waals surface area contributed by atoms with Gasteiger partial charge in [-0.25, -0.2) is 15.0 Å². The van der Waals surface area contributed by atoms with Gasteiger partial charge in [-0.2, -0.15) is 0 Å². The summed E-state index contributed by atoms with van der Waals surface area (Å²) < 4.78 is 7.46. The predicted molar refractivity (Wildman–Crippen MR) is 242 cm³/mol. The topological polar surface area (TPSA) is 43.6 Å². The first-order valence-corrected chi connectivity index (χ1v) is 20.9. The average Bonchev–Trinajstić information content (AvgIpc) is 3.97. The molecular formula is C51H32N4S2. The Labute approximate surface area is 336 Å². The van der Waals surface area contributed by atoms with Gasteiger partial charge in [0.15, 0.2) is 11.6 Å². The third-order valence-electron chi connectivity index (χ3n) is 11.4. The maximum atomic E-state index is 5.20. The zero-order valence-electron chi connectivity index (χ0n) is 30.6. The van der Waals surface area contributed by atoms with E-state index in [0.717, 1.165) is 23.4 Å². The molecule has 11 aromatic rings. The van der Waals surface area contributed by atoms with Gasteiger partial charge in [-0.1, -0.05) is 133 Å². The lowest BCUT2D eigenvalue weighted by Crippen LogP contribution is -2.07. The fourth-order valence-electron chi connectivity index (χ4n) is 8.86. The zero-order valence-corrected chi connectivity index (χ0v) is 32.3. The molecule has 0 aliphatic heterocycles. The van der Waals surface area contributed by atoms with Crippen LogP contribution in [0, 0.1) is 0 Å². The molecular weight excluding hydrogens is 733 g/mol. The van der Waals surface area contributed by atoms with Crippen molar-refractivity contribution in [2.45, 2.75) is 12.3 Å². The largest absolute Gasteiger partial charge is 0.309 e. The van der Waals surface area contributed by atoms with Crippen LogP contribution in [0.1, 0.15) is 18.2 Å². The van der Waals surface area contributed by atoms with Crippen LogP contribution in [0.15, 0.2) is 176 Å². The van der Waals surface area contributed by atoms with Crippen LogP contribution in [0.4, 0.5) is 0 Å². The van der Waals surface area contributed by atoms with E-state index in [0.29, 0.717) is 11.6 Å². The Hall–Kier alpha value is -6.73. The fraction of sp³-hybridized carbons (Fsp3) is 0.0392. The SMILES string of the molecule is C1=CCC(c2nc(-c3ccccc3)nc(-c3cccc4c3sc3cccc(-c5cccc6sc7cccc(-n8c9ccccc9c9ccccc98)c7c56)c34)n2)C=C1. The number of hydrogen-bond acceptors (Lipinski definition) is 5.